The van der Waals surface area contributed by atoms with Crippen LogP contribution in [-0.4, -0.2) is 53.8 Å². The minimum Gasteiger partial charge on any atom is -0.496 e. The molecule has 2 N–H and O–H groups in total. The number of hydrogen-bond acceptors (Lipinski definition) is 5. The summed E-state index contributed by atoms with van der Waals surface area (Å²) in [7, 11) is 1.67. The smallest absolute Gasteiger partial charge is 0.326 e. The Labute approximate surface area is 252 Å². The lowest BCUT2D eigenvalue weighted by atomic mass is 9.72. The second kappa shape index (κ2) is 12.8. The fourth-order valence-electron chi connectivity index (χ4n) is 6.89. The maximum Gasteiger partial charge on any atom is 0.326 e. The number of carbonyl (C=O) groups is 2. The van der Waals surface area contributed by atoms with Gasteiger partial charge in [0, 0.05) is 30.7 Å². The topological polar surface area (TPSA) is 88.1 Å². The van der Waals surface area contributed by atoms with Crippen LogP contribution >= 0.6 is 0 Å². The van der Waals surface area contributed by atoms with E-state index >= 15 is 0 Å². The van der Waals surface area contributed by atoms with E-state index in [0.29, 0.717) is 13.2 Å². The summed E-state index contributed by atoms with van der Waals surface area (Å²) in [6.45, 7) is 15.8. The van der Waals surface area contributed by atoms with Gasteiger partial charge in [-0.05, 0) is 47.3 Å². The Kier molecular flexibility index (Phi) is 9.73. The highest BCUT2D eigenvalue weighted by Crippen LogP contribution is 2.49. The number of aliphatic carboxylic acids is 1. The molecule has 0 spiro atoms. The highest BCUT2D eigenvalue weighted by molar-refractivity contribution is 5.87. The van der Waals surface area contributed by atoms with E-state index in [1.807, 2.05) is 43.3 Å². The van der Waals surface area contributed by atoms with E-state index in [2.05, 4.69) is 59.0 Å². The van der Waals surface area contributed by atoms with Gasteiger partial charge in [0.15, 0.2) is 0 Å². The van der Waals surface area contributed by atoms with Gasteiger partial charge in [0.1, 0.15) is 11.8 Å². The lowest BCUT2D eigenvalue weighted by Gasteiger charge is -2.36. The zero-order chi connectivity index (χ0) is 30.8. The van der Waals surface area contributed by atoms with E-state index in [1.165, 1.54) is 5.56 Å². The van der Waals surface area contributed by atoms with Crippen LogP contribution in [-0.2, 0) is 26.3 Å². The Balaban J connectivity index is 1.80. The van der Waals surface area contributed by atoms with E-state index < -0.39 is 29.4 Å². The number of methoxy groups -OCH3 is 1. The summed E-state index contributed by atoms with van der Waals surface area (Å²) >= 11 is 0. The Morgan fingerprint density at radius 2 is 1.76 bits per heavy atom. The first kappa shape index (κ1) is 32.0. The van der Waals surface area contributed by atoms with Gasteiger partial charge in [-0.15, -0.1) is 0 Å². The SMILES string of the molecule is COc1ccc(C(C)(C)C)cc1CN[C@H]1[C@H](C(C)(C)C)[C@@H](C(=O)O)N(C(=O)[C@@H](C)[C@@H]2CCCCO2)[C@H]1c1ccccc1. The number of carbonyl (C=O) groups excluding carboxylic acids is 1. The average molecular weight is 579 g/mol. The molecule has 0 saturated carbocycles. The number of rotatable bonds is 8. The number of nitrogens with one attached hydrogen (secondary N) is 1. The van der Waals surface area contributed by atoms with E-state index in [4.69, 9.17) is 9.47 Å². The van der Waals surface area contributed by atoms with Crippen molar-refractivity contribution in [2.45, 2.75) is 104 Å². The van der Waals surface area contributed by atoms with Crippen molar-refractivity contribution in [1.82, 2.24) is 10.2 Å². The molecule has 2 fully saturated rings. The third-order valence-corrected chi connectivity index (χ3v) is 9.15. The Morgan fingerprint density at radius 3 is 2.31 bits per heavy atom. The Morgan fingerprint density at radius 1 is 1.07 bits per heavy atom. The number of hydrogen-bond donors (Lipinski definition) is 2. The summed E-state index contributed by atoms with van der Waals surface area (Å²) in [5.74, 6) is -1.16. The Bertz CT molecular complexity index is 1230. The largest absolute Gasteiger partial charge is 0.496 e. The average Bonchev–Trinajstić information content (AvgIpc) is 3.31. The molecule has 4 rings (SSSR count). The molecular weight excluding hydrogens is 528 g/mol. The van der Waals surface area contributed by atoms with Crippen LogP contribution in [0.5, 0.6) is 5.75 Å². The van der Waals surface area contributed by atoms with Crippen LogP contribution in [0.3, 0.4) is 0 Å². The van der Waals surface area contributed by atoms with E-state index in [0.717, 1.165) is 36.1 Å². The first-order valence-electron chi connectivity index (χ1n) is 15.4. The number of nitrogens with zero attached hydrogens (tertiary/aromatic N) is 1. The lowest BCUT2D eigenvalue weighted by molar-refractivity contribution is -0.157. The molecule has 2 aliphatic rings. The van der Waals surface area contributed by atoms with E-state index in [1.54, 1.807) is 12.0 Å². The van der Waals surface area contributed by atoms with Crippen LogP contribution in [0.4, 0.5) is 0 Å². The minimum absolute atomic E-state index is 0.0378. The summed E-state index contributed by atoms with van der Waals surface area (Å²) in [5.41, 5.74) is 2.67. The fraction of sp³-hybridized carbons (Fsp3) is 0.600. The molecular formula is C35H50N2O5. The molecule has 2 saturated heterocycles. The second-order valence-electron chi connectivity index (χ2n) is 14.2. The molecule has 0 radical (unpaired) electrons. The number of amides is 1. The van der Waals surface area contributed by atoms with Crippen molar-refractivity contribution in [3.05, 3.63) is 65.2 Å². The molecule has 2 aliphatic heterocycles. The van der Waals surface area contributed by atoms with Crippen molar-refractivity contribution in [1.29, 1.82) is 0 Å². The second-order valence-corrected chi connectivity index (χ2v) is 14.2. The van der Waals surface area contributed by atoms with Crippen LogP contribution in [0, 0.1) is 17.3 Å². The number of carboxylic acid groups (broad SMARTS) is 1. The predicted molar refractivity (Wildman–Crippen MR) is 165 cm³/mol. The van der Waals surface area contributed by atoms with Gasteiger partial charge < -0.3 is 24.8 Å². The number of ether oxygens (including phenoxy) is 2. The van der Waals surface area contributed by atoms with E-state index in [9.17, 15) is 14.7 Å². The van der Waals surface area contributed by atoms with Crippen LogP contribution in [0.25, 0.3) is 0 Å². The molecule has 7 heteroatoms. The maximum atomic E-state index is 14.4. The van der Waals surface area contributed by atoms with E-state index in [-0.39, 0.29) is 29.4 Å². The molecule has 0 unspecified atom stereocenters. The van der Waals surface area contributed by atoms with Crippen molar-refractivity contribution in [2.24, 2.45) is 17.3 Å². The van der Waals surface area contributed by atoms with Gasteiger partial charge in [0.2, 0.25) is 5.91 Å². The van der Waals surface area contributed by atoms with Gasteiger partial charge in [-0.25, -0.2) is 4.79 Å². The molecule has 42 heavy (non-hydrogen) atoms. The normalized spacial score (nSPS) is 25.7. The maximum absolute atomic E-state index is 14.4. The molecule has 0 bridgehead atoms. The summed E-state index contributed by atoms with van der Waals surface area (Å²) in [6.07, 6.45) is 2.60. The third-order valence-electron chi connectivity index (χ3n) is 9.15. The monoisotopic (exact) mass is 578 g/mol. The van der Waals surface area contributed by atoms with Crippen molar-refractivity contribution in [3.63, 3.8) is 0 Å². The van der Waals surface area contributed by atoms with Gasteiger partial charge in [-0.1, -0.05) is 90.9 Å². The number of carboxylic acids is 1. The third kappa shape index (κ3) is 6.68. The summed E-state index contributed by atoms with van der Waals surface area (Å²) < 4.78 is 11.8. The van der Waals surface area contributed by atoms with Crippen LogP contribution in [0.15, 0.2) is 48.5 Å². The molecule has 0 aliphatic carbocycles. The number of likely N-dealkylation sites (tertiary alicyclic amines) is 1. The predicted octanol–water partition coefficient (Wildman–Crippen LogP) is 6.36. The highest BCUT2D eigenvalue weighted by atomic mass is 16.5. The van der Waals surface area contributed by atoms with Crippen molar-refractivity contribution in [3.8, 4) is 5.75 Å². The van der Waals surface area contributed by atoms with Crippen LogP contribution < -0.4 is 10.1 Å². The molecule has 2 heterocycles. The standard InChI is InChI=1S/C35H50N2O5/c1-22(26-16-12-13-19-42-26)32(38)37-30(23-14-10-9-11-15-23)29(28(35(5,6)7)31(37)33(39)40)36-21-24-20-25(34(2,3)4)17-18-27(24)41-8/h9-11,14-15,17-18,20,22,26,28-31,36H,12-13,16,19,21H2,1-8H3,(H,39,40)/t22-,26-,28-,29-,30-,31-/m0/s1. The van der Waals surface area contributed by atoms with Crippen LogP contribution in [0.2, 0.25) is 0 Å². The first-order chi connectivity index (χ1) is 19.8. The fourth-order valence-corrected chi connectivity index (χ4v) is 6.89. The first-order valence-corrected chi connectivity index (χ1v) is 15.4. The molecule has 230 valence electrons. The quantitative estimate of drug-likeness (QED) is 0.379. The lowest BCUT2D eigenvalue weighted by Crippen LogP contribution is -2.50. The van der Waals surface area contributed by atoms with Crippen molar-refractivity contribution >= 4 is 11.9 Å². The van der Waals surface area contributed by atoms with Gasteiger partial charge in [0.05, 0.1) is 25.2 Å². The number of benzene rings is 2. The summed E-state index contributed by atoms with van der Waals surface area (Å²) in [4.78, 5) is 29.3. The molecule has 2 aromatic carbocycles. The van der Waals surface area contributed by atoms with Crippen LogP contribution in [0.1, 0.15) is 90.5 Å². The zero-order valence-corrected chi connectivity index (χ0v) is 26.6. The summed E-state index contributed by atoms with van der Waals surface area (Å²) in [6, 6.07) is 14.4. The van der Waals surface area contributed by atoms with Crippen molar-refractivity contribution < 1.29 is 24.2 Å². The Hall–Kier alpha value is -2.90. The molecule has 0 aromatic heterocycles. The minimum atomic E-state index is -0.992. The molecule has 1 amide bonds. The van der Waals surface area contributed by atoms with Gasteiger partial charge in [-0.3, -0.25) is 4.79 Å². The molecule has 7 nitrogen and oxygen atoms in total. The molecule has 2 aromatic rings. The highest BCUT2D eigenvalue weighted by Gasteiger charge is 2.58. The van der Waals surface area contributed by atoms with Crippen molar-refractivity contribution in [2.75, 3.05) is 13.7 Å². The summed E-state index contributed by atoms with van der Waals surface area (Å²) in [5, 5.41) is 14.5. The van der Waals surface area contributed by atoms with Gasteiger partial charge in [0.25, 0.3) is 0 Å². The zero-order valence-electron chi connectivity index (χ0n) is 26.6. The molecule has 6 atom stereocenters. The van der Waals surface area contributed by atoms with Gasteiger partial charge >= 0.3 is 5.97 Å². The van der Waals surface area contributed by atoms with Gasteiger partial charge in [-0.2, -0.15) is 0 Å².